The number of aromatic nitrogens is 1. The van der Waals surface area contributed by atoms with Crippen LogP contribution in [0.5, 0.6) is 0 Å². The van der Waals surface area contributed by atoms with E-state index in [2.05, 4.69) is 4.98 Å². The lowest BCUT2D eigenvalue weighted by Crippen LogP contribution is -2.53. The maximum absolute atomic E-state index is 12.6. The van der Waals surface area contributed by atoms with Gasteiger partial charge in [-0.3, -0.25) is 4.79 Å². The third-order valence-electron chi connectivity index (χ3n) is 3.89. The number of carbonyl (C=O) groups is 2. The van der Waals surface area contributed by atoms with Crippen LogP contribution in [0, 0.1) is 13.8 Å². The van der Waals surface area contributed by atoms with Crippen molar-refractivity contribution in [2.75, 3.05) is 6.54 Å². The zero-order valence-electron chi connectivity index (χ0n) is 12.1. The molecule has 6 heteroatoms. The number of carbonyl (C=O) groups excluding carboxylic acids is 1. The van der Waals surface area contributed by atoms with Crippen molar-refractivity contribution in [1.82, 2.24) is 9.88 Å². The molecule has 1 saturated heterocycles. The lowest BCUT2D eigenvalue weighted by molar-refractivity contribution is -0.148. The van der Waals surface area contributed by atoms with Gasteiger partial charge >= 0.3 is 5.97 Å². The van der Waals surface area contributed by atoms with Crippen LogP contribution in [-0.2, 0) is 4.79 Å². The van der Waals surface area contributed by atoms with Gasteiger partial charge in [-0.15, -0.1) is 0 Å². The molecule has 0 saturated carbocycles. The number of amides is 1. The van der Waals surface area contributed by atoms with E-state index < -0.39 is 11.5 Å². The molecule has 1 fully saturated rings. The molecule has 0 aromatic carbocycles. The Bertz CT molecular complexity index is 537. The SMILES string of the molecule is CCCC1(C(=O)O)CCCN1C(=O)c1oc(C)nc1C. The Labute approximate surface area is 117 Å². The Morgan fingerprint density at radius 3 is 2.65 bits per heavy atom. The highest BCUT2D eigenvalue weighted by molar-refractivity contribution is 5.97. The van der Waals surface area contributed by atoms with Crippen molar-refractivity contribution in [1.29, 1.82) is 0 Å². The van der Waals surface area contributed by atoms with E-state index in [1.807, 2.05) is 6.92 Å². The monoisotopic (exact) mass is 280 g/mol. The average molecular weight is 280 g/mol. The topological polar surface area (TPSA) is 83.6 Å². The van der Waals surface area contributed by atoms with E-state index in [1.54, 1.807) is 13.8 Å². The number of aliphatic carboxylic acids is 1. The van der Waals surface area contributed by atoms with Crippen molar-refractivity contribution >= 4 is 11.9 Å². The van der Waals surface area contributed by atoms with Gasteiger partial charge in [0.1, 0.15) is 5.54 Å². The Balaban J connectivity index is 2.37. The molecular formula is C14H20N2O4. The number of hydrogen-bond acceptors (Lipinski definition) is 4. The van der Waals surface area contributed by atoms with Crippen LogP contribution in [-0.4, -0.2) is 39.0 Å². The molecule has 110 valence electrons. The number of likely N-dealkylation sites (tertiary alicyclic amines) is 1. The van der Waals surface area contributed by atoms with Crippen molar-refractivity contribution < 1.29 is 19.1 Å². The minimum absolute atomic E-state index is 0.158. The van der Waals surface area contributed by atoms with Gasteiger partial charge in [-0.2, -0.15) is 0 Å². The van der Waals surface area contributed by atoms with Gasteiger partial charge < -0.3 is 14.4 Å². The minimum Gasteiger partial charge on any atom is -0.479 e. The molecule has 0 spiro atoms. The summed E-state index contributed by atoms with van der Waals surface area (Å²) >= 11 is 0. The number of hydrogen-bond donors (Lipinski definition) is 1. The van der Waals surface area contributed by atoms with E-state index in [0.29, 0.717) is 43.8 Å². The van der Waals surface area contributed by atoms with Gasteiger partial charge in [0.15, 0.2) is 5.89 Å². The molecule has 1 atom stereocenters. The predicted molar refractivity (Wildman–Crippen MR) is 71.5 cm³/mol. The van der Waals surface area contributed by atoms with Gasteiger partial charge in [-0.25, -0.2) is 9.78 Å². The molecule has 1 aliphatic rings. The quantitative estimate of drug-likeness (QED) is 0.913. The maximum Gasteiger partial charge on any atom is 0.329 e. The number of nitrogens with zero attached hydrogens (tertiary/aromatic N) is 2. The lowest BCUT2D eigenvalue weighted by atomic mass is 9.90. The van der Waals surface area contributed by atoms with Crippen LogP contribution in [0.15, 0.2) is 4.42 Å². The molecule has 0 aliphatic carbocycles. The summed E-state index contributed by atoms with van der Waals surface area (Å²) in [6.45, 7) is 5.74. The molecule has 6 nitrogen and oxygen atoms in total. The summed E-state index contributed by atoms with van der Waals surface area (Å²) in [6, 6.07) is 0. The smallest absolute Gasteiger partial charge is 0.329 e. The Hall–Kier alpha value is -1.85. The van der Waals surface area contributed by atoms with Crippen LogP contribution < -0.4 is 0 Å². The molecule has 1 aliphatic heterocycles. The molecule has 1 aromatic heterocycles. The van der Waals surface area contributed by atoms with E-state index in [4.69, 9.17) is 4.42 Å². The predicted octanol–water partition coefficient (Wildman–Crippen LogP) is 2.15. The molecule has 1 N–H and O–H groups in total. The van der Waals surface area contributed by atoms with Crippen LogP contribution in [0.2, 0.25) is 0 Å². The summed E-state index contributed by atoms with van der Waals surface area (Å²) in [5.41, 5.74) is -0.589. The van der Waals surface area contributed by atoms with Gasteiger partial charge in [0.2, 0.25) is 5.76 Å². The Morgan fingerprint density at radius 1 is 1.45 bits per heavy atom. The zero-order chi connectivity index (χ0) is 14.9. The second kappa shape index (κ2) is 5.26. The van der Waals surface area contributed by atoms with Crippen molar-refractivity contribution in [2.24, 2.45) is 0 Å². The van der Waals surface area contributed by atoms with Gasteiger partial charge in [0.05, 0.1) is 5.69 Å². The van der Waals surface area contributed by atoms with Crippen molar-refractivity contribution in [3.8, 4) is 0 Å². The number of oxazole rings is 1. The first-order valence-electron chi connectivity index (χ1n) is 6.91. The summed E-state index contributed by atoms with van der Waals surface area (Å²) < 4.78 is 5.34. The molecule has 2 heterocycles. The molecule has 1 unspecified atom stereocenters. The minimum atomic E-state index is -1.10. The normalized spacial score (nSPS) is 22.2. The first kappa shape index (κ1) is 14.6. The van der Waals surface area contributed by atoms with Crippen LogP contribution >= 0.6 is 0 Å². The van der Waals surface area contributed by atoms with E-state index in [9.17, 15) is 14.7 Å². The van der Waals surface area contributed by atoms with E-state index in [-0.39, 0.29) is 11.7 Å². The number of carboxylic acids is 1. The maximum atomic E-state index is 12.6. The van der Waals surface area contributed by atoms with Gasteiger partial charge in [0.25, 0.3) is 5.91 Å². The zero-order valence-corrected chi connectivity index (χ0v) is 12.1. The fraction of sp³-hybridized carbons (Fsp3) is 0.643. The van der Waals surface area contributed by atoms with Gasteiger partial charge in [0, 0.05) is 13.5 Å². The van der Waals surface area contributed by atoms with Crippen LogP contribution in [0.1, 0.15) is 54.7 Å². The first-order valence-corrected chi connectivity index (χ1v) is 6.91. The summed E-state index contributed by atoms with van der Waals surface area (Å²) in [7, 11) is 0. The second-order valence-corrected chi connectivity index (χ2v) is 5.29. The fourth-order valence-electron chi connectivity index (χ4n) is 3.03. The highest BCUT2D eigenvalue weighted by Crippen LogP contribution is 2.35. The number of carboxylic acid groups (broad SMARTS) is 1. The average Bonchev–Trinajstić information content (AvgIpc) is 2.93. The standard InChI is InChI=1S/C14H20N2O4/c1-4-6-14(13(18)19)7-5-8-16(14)12(17)11-9(2)15-10(3)20-11/h4-8H2,1-3H3,(H,18,19). The van der Waals surface area contributed by atoms with Crippen molar-refractivity contribution in [3.63, 3.8) is 0 Å². The third kappa shape index (κ3) is 2.19. The largest absolute Gasteiger partial charge is 0.479 e. The van der Waals surface area contributed by atoms with Gasteiger partial charge in [-0.1, -0.05) is 13.3 Å². The molecule has 1 amide bonds. The molecule has 0 bridgehead atoms. The summed E-state index contributed by atoms with van der Waals surface area (Å²) in [4.78, 5) is 29.8. The highest BCUT2D eigenvalue weighted by atomic mass is 16.4. The van der Waals surface area contributed by atoms with E-state index >= 15 is 0 Å². The molecule has 20 heavy (non-hydrogen) atoms. The third-order valence-corrected chi connectivity index (χ3v) is 3.89. The van der Waals surface area contributed by atoms with Crippen molar-refractivity contribution in [2.45, 2.75) is 52.0 Å². The van der Waals surface area contributed by atoms with Crippen LogP contribution in [0.25, 0.3) is 0 Å². The van der Waals surface area contributed by atoms with E-state index in [0.717, 1.165) is 0 Å². The fourth-order valence-corrected chi connectivity index (χ4v) is 3.03. The Morgan fingerprint density at radius 2 is 2.15 bits per heavy atom. The molecule has 2 rings (SSSR count). The Kier molecular flexibility index (Phi) is 3.83. The number of rotatable bonds is 4. The van der Waals surface area contributed by atoms with Crippen LogP contribution in [0.3, 0.4) is 0 Å². The van der Waals surface area contributed by atoms with Crippen LogP contribution in [0.4, 0.5) is 0 Å². The lowest BCUT2D eigenvalue weighted by Gasteiger charge is -2.34. The van der Waals surface area contributed by atoms with Crippen molar-refractivity contribution in [3.05, 3.63) is 17.3 Å². The summed E-state index contributed by atoms with van der Waals surface area (Å²) in [6.07, 6.45) is 2.36. The molecule has 1 aromatic rings. The second-order valence-electron chi connectivity index (χ2n) is 5.29. The summed E-state index contributed by atoms with van der Waals surface area (Å²) in [5, 5.41) is 9.60. The first-order chi connectivity index (χ1) is 9.42. The van der Waals surface area contributed by atoms with Gasteiger partial charge in [-0.05, 0) is 26.2 Å². The number of aryl methyl sites for hydroxylation is 2. The van der Waals surface area contributed by atoms with E-state index in [1.165, 1.54) is 4.90 Å². The molecule has 0 radical (unpaired) electrons. The summed E-state index contributed by atoms with van der Waals surface area (Å²) in [5.74, 6) is -0.719. The highest BCUT2D eigenvalue weighted by Gasteiger charge is 2.50. The molecular weight excluding hydrogens is 260 g/mol.